The van der Waals surface area contributed by atoms with E-state index in [0.29, 0.717) is 25.1 Å². The van der Waals surface area contributed by atoms with Crippen molar-refractivity contribution < 1.29 is 14.2 Å². The van der Waals surface area contributed by atoms with Crippen LogP contribution in [0.15, 0.2) is 23.2 Å². The van der Waals surface area contributed by atoms with Gasteiger partial charge in [-0.3, -0.25) is 9.89 Å². The lowest BCUT2D eigenvalue weighted by atomic mass is 10.0. The lowest BCUT2D eigenvalue weighted by Gasteiger charge is -2.37. The Morgan fingerprint density at radius 1 is 1.21 bits per heavy atom. The molecule has 1 aliphatic rings. The van der Waals surface area contributed by atoms with Gasteiger partial charge in [0.1, 0.15) is 0 Å². The van der Waals surface area contributed by atoms with Crippen molar-refractivity contribution in [1.82, 2.24) is 15.5 Å². The summed E-state index contributed by atoms with van der Waals surface area (Å²) in [5.74, 6) is 2.86. The van der Waals surface area contributed by atoms with Crippen LogP contribution in [-0.4, -0.2) is 70.5 Å². The first-order chi connectivity index (χ1) is 13.6. The lowest BCUT2D eigenvalue weighted by molar-refractivity contribution is 0.00752. The molecule has 1 fully saturated rings. The van der Waals surface area contributed by atoms with E-state index in [2.05, 4.69) is 34.4 Å². The Labute approximate surface area is 192 Å². The second kappa shape index (κ2) is 13.9. The van der Waals surface area contributed by atoms with E-state index in [4.69, 9.17) is 14.2 Å². The molecule has 1 aliphatic heterocycles. The van der Waals surface area contributed by atoms with Gasteiger partial charge in [-0.05, 0) is 30.5 Å². The summed E-state index contributed by atoms with van der Waals surface area (Å²) in [5, 5.41) is 6.86. The van der Waals surface area contributed by atoms with Crippen LogP contribution in [0.3, 0.4) is 0 Å². The largest absolute Gasteiger partial charge is 0.493 e. The number of nitrogens with zero attached hydrogens (tertiary/aromatic N) is 2. The summed E-state index contributed by atoms with van der Waals surface area (Å²) in [4.78, 5) is 6.87. The molecule has 7 nitrogen and oxygen atoms in total. The molecule has 1 heterocycles. The highest BCUT2D eigenvalue weighted by atomic mass is 127. The number of rotatable bonds is 9. The second-order valence-electron chi connectivity index (χ2n) is 7.18. The average Bonchev–Trinajstić information content (AvgIpc) is 2.72. The van der Waals surface area contributed by atoms with Gasteiger partial charge in [0.2, 0.25) is 0 Å². The number of nitrogens with one attached hydrogen (secondary N) is 2. The highest BCUT2D eigenvalue weighted by Crippen LogP contribution is 2.27. The van der Waals surface area contributed by atoms with Gasteiger partial charge in [-0.15, -0.1) is 24.0 Å². The van der Waals surface area contributed by atoms with Crippen molar-refractivity contribution >= 4 is 29.9 Å². The summed E-state index contributed by atoms with van der Waals surface area (Å²) in [6.45, 7) is 12.2. The minimum atomic E-state index is 0. The molecule has 166 valence electrons. The fraction of sp³-hybridized carbons (Fsp3) is 0.667. The van der Waals surface area contributed by atoms with E-state index < -0.39 is 0 Å². The summed E-state index contributed by atoms with van der Waals surface area (Å²) in [6, 6.07) is 6.44. The third-order valence-corrected chi connectivity index (χ3v) is 4.97. The van der Waals surface area contributed by atoms with Crippen LogP contribution in [-0.2, 0) is 11.3 Å². The maximum absolute atomic E-state index is 5.58. The maximum Gasteiger partial charge on any atom is 0.191 e. The Morgan fingerprint density at radius 2 is 1.93 bits per heavy atom. The van der Waals surface area contributed by atoms with Crippen molar-refractivity contribution in [2.24, 2.45) is 10.9 Å². The van der Waals surface area contributed by atoms with E-state index in [-0.39, 0.29) is 24.0 Å². The Morgan fingerprint density at radius 3 is 2.52 bits per heavy atom. The lowest BCUT2D eigenvalue weighted by Crippen LogP contribution is -2.52. The highest BCUT2D eigenvalue weighted by Gasteiger charge is 2.23. The van der Waals surface area contributed by atoms with Crippen LogP contribution in [0.2, 0.25) is 0 Å². The minimum Gasteiger partial charge on any atom is -0.493 e. The van der Waals surface area contributed by atoms with Gasteiger partial charge in [-0.1, -0.05) is 19.9 Å². The molecule has 0 spiro atoms. The molecule has 1 aromatic carbocycles. The van der Waals surface area contributed by atoms with E-state index in [1.807, 2.05) is 25.1 Å². The number of methoxy groups -OCH3 is 1. The molecule has 1 atom stereocenters. The fourth-order valence-electron chi connectivity index (χ4n) is 3.40. The normalized spacial score (nSPS) is 16.1. The standard InChI is InChI=1S/C21H36N4O3.HI/c1-6-28-19-8-7-17(13-20(19)26-5)14-23-21(22-4)24-15-18(16(2)3)25-9-11-27-12-10-25;/h7-8,13,16,18H,6,9-12,14-15H2,1-5H3,(H2,22,23,24);1H. The van der Waals surface area contributed by atoms with E-state index in [1.165, 1.54) is 0 Å². The molecular formula is C21H37IN4O3. The van der Waals surface area contributed by atoms with Crippen molar-refractivity contribution in [2.75, 3.05) is 53.6 Å². The molecule has 2 N–H and O–H groups in total. The van der Waals surface area contributed by atoms with E-state index in [0.717, 1.165) is 55.9 Å². The molecule has 1 unspecified atom stereocenters. The molecule has 1 saturated heterocycles. The van der Waals surface area contributed by atoms with Crippen LogP contribution in [0.5, 0.6) is 11.5 Å². The molecule has 8 heteroatoms. The summed E-state index contributed by atoms with van der Waals surface area (Å²) in [7, 11) is 3.46. The molecule has 0 amide bonds. The Hall–Kier alpha value is -1.26. The number of benzene rings is 1. The van der Waals surface area contributed by atoms with Gasteiger partial charge in [0.25, 0.3) is 0 Å². The first kappa shape index (κ1) is 25.8. The topological polar surface area (TPSA) is 67.4 Å². The van der Waals surface area contributed by atoms with Crippen molar-refractivity contribution in [3.05, 3.63) is 23.8 Å². The number of aliphatic imine (C=N–C) groups is 1. The van der Waals surface area contributed by atoms with E-state index >= 15 is 0 Å². The van der Waals surface area contributed by atoms with Crippen LogP contribution in [0, 0.1) is 5.92 Å². The van der Waals surface area contributed by atoms with E-state index in [9.17, 15) is 0 Å². The molecule has 0 saturated carbocycles. The number of hydrogen-bond acceptors (Lipinski definition) is 5. The molecule has 29 heavy (non-hydrogen) atoms. The quantitative estimate of drug-likeness (QED) is 0.297. The molecule has 0 aromatic heterocycles. The Balaban J connectivity index is 0.00000420. The van der Waals surface area contributed by atoms with Gasteiger partial charge in [0.15, 0.2) is 17.5 Å². The molecule has 2 rings (SSSR count). The third kappa shape index (κ3) is 8.18. The molecule has 0 bridgehead atoms. The van der Waals surface area contributed by atoms with Gasteiger partial charge in [0, 0.05) is 39.3 Å². The predicted molar refractivity (Wildman–Crippen MR) is 129 cm³/mol. The van der Waals surface area contributed by atoms with Crippen LogP contribution < -0.4 is 20.1 Å². The number of morpholine rings is 1. The van der Waals surface area contributed by atoms with Gasteiger partial charge in [-0.25, -0.2) is 0 Å². The molecule has 0 radical (unpaired) electrons. The minimum absolute atomic E-state index is 0. The predicted octanol–water partition coefficient (Wildman–Crippen LogP) is 2.73. The Bertz CT molecular complexity index is 622. The van der Waals surface area contributed by atoms with Crippen LogP contribution in [0.25, 0.3) is 0 Å². The highest BCUT2D eigenvalue weighted by molar-refractivity contribution is 14.0. The van der Waals surface area contributed by atoms with Gasteiger partial charge in [-0.2, -0.15) is 0 Å². The third-order valence-electron chi connectivity index (χ3n) is 4.97. The Kier molecular flexibility index (Phi) is 12.3. The molecule has 0 aliphatic carbocycles. The fourth-order valence-corrected chi connectivity index (χ4v) is 3.40. The number of hydrogen-bond donors (Lipinski definition) is 2. The van der Waals surface area contributed by atoms with Crippen molar-refractivity contribution in [2.45, 2.75) is 33.4 Å². The number of halogens is 1. The SMILES string of the molecule is CCOc1ccc(CNC(=NC)NCC(C(C)C)N2CCOCC2)cc1OC.I. The van der Waals surface area contributed by atoms with Gasteiger partial charge < -0.3 is 24.8 Å². The summed E-state index contributed by atoms with van der Waals surface area (Å²) < 4.78 is 16.5. The molecular weight excluding hydrogens is 483 g/mol. The summed E-state index contributed by atoms with van der Waals surface area (Å²) >= 11 is 0. The maximum atomic E-state index is 5.58. The van der Waals surface area contributed by atoms with Crippen LogP contribution >= 0.6 is 24.0 Å². The van der Waals surface area contributed by atoms with Gasteiger partial charge in [0.05, 0.1) is 26.9 Å². The summed E-state index contributed by atoms with van der Waals surface area (Å²) in [5.41, 5.74) is 1.11. The number of guanidine groups is 1. The van der Waals surface area contributed by atoms with Crippen LogP contribution in [0.1, 0.15) is 26.3 Å². The second-order valence-corrected chi connectivity index (χ2v) is 7.18. The van der Waals surface area contributed by atoms with Crippen molar-refractivity contribution in [3.63, 3.8) is 0 Å². The zero-order valence-corrected chi connectivity index (χ0v) is 20.7. The summed E-state index contributed by atoms with van der Waals surface area (Å²) in [6.07, 6.45) is 0. The van der Waals surface area contributed by atoms with Gasteiger partial charge >= 0.3 is 0 Å². The molecule has 1 aromatic rings. The first-order valence-corrected chi connectivity index (χ1v) is 10.1. The smallest absolute Gasteiger partial charge is 0.191 e. The number of ether oxygens (including phenoxy) is 3. The van der Waals surface area contributed by atoms with E-state index in [1.54, 1.807) is 14.2 Å². The van der Waals surface area contributed by atoms with Crippen LogP contribution in [0.4, 0.5) is 0 Å². The monoisotopic (exact) mass is 520 g/mol. The van der Waals surface area contributed by atoms with Crippen molar-refractivity contribution in [3.8, 4) is 11.5 Å². The first-order valence-electron chi connectivity index (χ1n) is 10.1. The van der Waals surface area contributed by atoms with Crippen molar-refractivity contribution in [1.29, 1.82) is 0 Å². The zero-order chi connectivity index (χ0) is 20.4. The zero-order valence-electron chi connectivity index (χ0n) is 18.4. The average molecular weight is 520 g/mol.